The van der Waals surface area contributed by atoms with E-state index in [4.69, 9.17) is 19.7 Å². The number of methoxy groups -OCH3 is 1. The summed E-state index contributed by atoms with van der Waals surface area (Å²) in [5.74, 6) is 1.23. The van der Waals surface area contributed by atoms with Crippen molar-refractivity contribution in [3.05, 3.63) is 23.8 Å². The van der Waals surface area contributed by atoms with Gasteiger partial charge in [-0.2, -0.15) is 0 Å². The molecule has 0 aliphatic carbocycles. The molecule has 1 aliphatic rings. The lowest BCUT2D eigenvalue weighted by atomic mass is 10.1. The minimum Gasteiger partial charge on any atom is -0.493 e. The average Bonchev–Trinajstić information content (AvgIpc) is 2.69. The van der Waals surface area contributed by atoms with E-state index in [1.807, 2.05) is 23.1 Å². The molecule has 1 aromatic rings. The molecule has 0 saturated carbocycles. The molecule has 0 radical (unpaired) electrons. The molecule has 0 amide bonds. The fraction of sp³-hybridized carbons (Fsp3) is 0.727. The number of benzene rings is 1. The van der Waals surface area contributed by atoms with E-state index in [-0.39, 0.29) is 19.8 Å². The zero-order valence-corrected chi connectivity index (χ0v) is 17.8. The summed E-state index contributed by atoms with van der Waals surface area (Å²) < 4.78 is 11.3. The molecule has 7 nitrogen and oxygen atoms in total. The monoisotopic (exact) mass is 410 g/mol. The van der Waals surface area contributed by atoms with E-state index in [2.05, 4.69) is 4.90 Å². The molecule has 1 heterocycles. The molecular formula is C22H38N2O5. The highest BCUT2D eigenvalue weighted by atomic mass is 16.5. The molecule has 0 bridgehead atoms. The molecule has 2 rings (SSSR count). The van der Waals surface area contributed by atoms with Crippen LogP contribution in [0.15, 0.2) is 18.2 Å². The van der Waals surface area contributed by atoms with E-state index >= 15 is 0 Å². The Labute approximate surface area is 174 Å². The Morgan fingerprint density at radius 1 is 1.00 bits per heavy atom. The zero-order valence-electron chi connectivity index (χ0n) is 17.8. The third-order valence-corrected chi connectivity index (χ3v) is 5.32. The summed E-state index contributed by atoms with van der Waals surface area (Å²) in [7, 11) is 1.60. The second kappa shape index (κ2) is 13.8. The molecule has 0 aromatic heterocycles. The quantitative estimate of drug-likeness (QED) is 0.481. The van der Waals surface area contributed by atoms with Crippen LogP contribution < -0.4 is 9.47 Å². The topological polar surface area (TPSA) is 85.6 Å². The Bertz CT molecular complexity index is 558. The van der Waals surface area contributed by atoms with Crippen molar-refractivity contribution < 1.29 is 24.8 Å². The number of rotatable bonds is 12. The van der Waals surface area contributed by atoms with Crippen molar-refractivity contribution >= 4 is 0 Å². The Balaban J connectivity index is 1.87. The third-order valence-electron chi connectivity index (χ3n) is 5.32. The lowest BCUT2D eigenvalue weighted by Gasteiger charge is -2.27. The van der Waals surface area contributed by atoms with Crippen LogP contribution in [0.5, 0.6) is 11.5 Å². The summed E-state index contributed by atoms with van der Waals surface area (Å²) >= 11 is 0. The second-order valence-corrected chi connectivity index (χ2v) is 7.74. The van der Waals surface area contributed by atoms with Gasteiger partial charge in [0.25, 0.3) is 0 Å². The van der Waals surface area contributed by atoms with Gasteiger partial charge in [-0.1, -0.05) is 25.3 Å². The number of ether oxygens (including phenoxy) is 2. The minimum absolute atomic E-state index is 0.0488. The number of hydrogen-bond donors (Lipinski definition) is 3. The fourth-order valence-corrected chi connectivity index (χ4v) is 3.77. The van der Waals surface area contributed by atoms with E-state index in [1.54, 1.807) is 7.11 Å². The molecular weight excluding hydrogens is 372 g/mol. The number of aliphatic hydroxyl groups excluding tert-OH is 3. The number of nitrogens with zero attached hydrogens (tertiary/aromatic N) is 2. The summed E-state index contributed by atoms with van der Waals surface area (Å²) in [5.41, 5.74) is 1.01. The van der Waals surface area contributed by atoms with Gasteiger partial charge < -0.3 is 29.7 Å². The Hall–Kier alpha value is -1.38. The zero-order chi connectivity index (χ0) is 20.9. The van der Waals surface area contributed by atoms with E-state index in [9.17, 15) is 5.11 Å². The van der Waals surface area contributed by atoms with Crippen molar-refractivity contribution in [2.75, 3.05) is 59.7 Å². The van der Waals surface area contributed by atoms with Crippen molar-refractivity contribution in [2.45, 2.75) is 44.8 Å². The average molecular weight is 411 g/mol. The van der Waals surface area contributed by atoms with E-state index in [1.165, 1.54) is 32.1 Å². The molecule has 1 aromatic carbocycles. The molecule has 29 heavy (non-hydrogen) atoms. The van der Waals surface area contributed by atoms with Crippen LogP contribution in [-0.4, -0.2) is 90.9 Å². The Morgan fingerprint density at radius 3 is 2.28 bits per heavy atom. The van der Waals surface area contributed by atoms with Crippen LogP contribution >= 0.6 is 0 Å². The van der Waals surface area contributed by atoms with Gasteiger partial charge in [0.15, 0.2) is 11.5 Å². The number of β-amino-alcohol motifs (C(OH)–C–C–N with tert-alkyl or cyclic N) is 1. The van der Waals surface area contributed by atoms with Crippen LogP contribution in [0.4, 0.5) is 0 Å². The normalized spacial score (nSPS) is 17.0. The summed E-state index contributed by atoms with van der Waals surface area (Å²) in [4.78, 5) is 4.31. The van der Waals surface area contributed by atoms with Crippen molar-refractivity contribution in [3.8, 4) is 11.5 Å². The number of likely N-dealkylation sites (tertiary alicyclic amines) is 1. The molecule has 1 unspecified atom stereocenters. The maximum absolute atomic E-state index is 10.4. The van der Waals surface area contributed by atoms with Gasteiger partial charge >= 0.3 is 0 Å². The van der Waals surface area contributed by atoms with Crippen LogP contribution in [0, 0.1) is 0 Å². The summed E-state index contributed by atoms with van der Waals surface area (Å²) in [5, 5.41) is 28.7. The molecule has 3 N–H and O–H groups in total. The molecule has 7 heteroatoms. The van der Waals surface area contributed by atoms with Crippen LogP contribution in [0.25, 0.3) is 0 Å². The highest BCUT2D eigenvalue weighted by molar-refractivity contribution is 5.43. The predicted octanol–water partition coefficient (Wildman–Crippen LogP) is 1.49. The molecule has 1 atom stereocenters. The van der Waals surface area contributed by atoms with E-state index < -0.39 is 6.10 Å². The first kappa shape index (κ1) is 23.9. The Morgan fingerprint density at radius 2 is 1.66 bits per heavy atom. The summed E-state index contributed by atoms with van der Waals surface area (Å²) in [6, 6.07) is 5.71. The summed E-state index contributed by atoms with van der Waals surface area (Å²) in [6.07, 6.45) is 5.75. The number of aliphatic hydroxyl groups is 3. The first-order valence-corrected chi connectivity index (χ1v) is 10.8. The van der Waals surface area contributed by atoms with Crippen LogP contribution in [0.1, 0.15) is 37.7 Å². The SMILES string of the molecule is COc1cc(CN(CCO)CCO)ccc1OCC(O)CN1CCCCCCC1. The van der Waals surface area contributed by atoms with Gasteiger partial charge in [-0.05, 0) is 43.6 Å². The maximum Gasteiger partial charge on any atom is 0.161 e. The smallest absolute Gasteiger partial charge is 0.161 e. The first-order valence-electron chi connectivity index (χ1n) is 10.8. The molecule has 166 valence electrons. The Kier molecular flexibility index (Phi) is 11.3. The molecule has 0 spiro atoms. The van der Waals surface area contributed by atoms with Gasteiger partial charge in [0.1, 0.15) is 12.7 Å². The van der Waals surface area contributed by atoms with Gasteiger partial charge in [-0.15, -0.1) is 0 Å². The molecule has 1 saturated heterocycles. The predicted molar refractivity (Wildman–Crippen MR) is 113 cm³/mol. The van der Waals surface area contributed by atoms with Crippen molar-refractivity contribution in [1.29, 1.82) is 0 Å². The van der Waals surface area contributed by atoms with Gasteiger partial charge in [-0.25, -0.2) is 0 Å². The third kappa shape index (κ3) is 8.88. The van der Waals surface area contributed by atoms with Gasteiger partial charge in [0, 0.05) is 26.2 Å². The molecule has 1 aliphatic heterocycles. The lowest BCUT2D eigenvalue weighted by molar-refractivity contribution is 0.0645. The fourth-order valence-electron chi connectivity index (χ4n) is 3.77. The minimum atomic E-state index is -0.539. The van der Waals surface area contributed by atoms with Gasteiger partial charge in [0.2, 0.25) is 0 Å². The highest BCUT2D eigenvalue weighted by Crippen LogP contribution is 2.28. The van der Waals surface area contributed by atoms with Crippen LogP contribution in [0.3, 0.4) is 0 Å². The molecule has 1 fully saturated rings. The summed E-state index contributed by atoms with van der Waals surface area (Å²) in [6.45, 7) is 4.68. The van der Waals surface area contributed by atoms with Crippen LogP contribution in [0.2, 0.25) is 0 Å². The van der Waals surface area contributed by atoms with Gasteiger partial charge in [-0.3, -0.25) is 4.90 Å². The van der Waals surface area contributed by atoms with Crippen molar-refractivity contribution in [2.24, 2.45) is 0 Å². The highest BCUT2D eigenvalue weighted by Gasteiger charge is 2.15. The second-order valence-electron chi connectivity index (χ2n) is 7.74. The van der Waals surface area contributed by atoms with Crippen molar-refractivity contribution in [1.82, 2.24) is 9.80 Å². The van der Waals surface area contributed by atoms with E-state index in [0.717, 1.165) is 18.7 Å². The maximum atomic E-state index is 10.4. The van der Waals surface area contributed by atoms with E-state index in [0.29, 0.717) is 37.7 Å². The number of hydrogen-bond acceptors (Lipinski definition) is 7. The van der Waals surface area contributed by atoms with Crippen molar-refractivity contribution in [3.63, 3.8) is 0 Å². The van der Waals surface area contributed by atoms with Crippen LogP contribution in [-0.2, 0) is 6.54 Å². The first-order chi connectivity index (χ1) is 14.2. The lowest BCUT2D eigenvalue weighted by Crippen LogP contribution is -2.37. The van der Waals surface area contributed by atoms with Gasteiger partial charge in [0.05, 0.1) is 20.3 Å². The standard InChI is InChI=1S/C22H38N2O5/c1-28-22-15-19(16-24(11-13-25)12-14-26)7-8-21(22)29-18-20(27)17-23-9-5-3-2-4-6-10-23/h7-8,15,20,25-27H,2-6,9-14,16-18H2,1H3. The largest absolute Gasteiger partial charge is 0.493 e.